The van der Waals surface area contributed by atoms with E-state index < -0.39 is 28.8 Å². The van der Waals surface area contributed by atoms with Gasteiger partial charge in [-0.2, -0.15) is 0 Å². The molecule has 0 saturated heterocycles. The summed E-state index contributed by atoms with van der Waals surface area (Å²) in [4.78, 5) is 25.3. The number of anilines is 1. The molecule has 1 aromatic carbocycles. The molecule has 0 aliphatic carbocycles. The van der Waals surface area contributed by atoms with Crippen LogP contribution in [-0.2, 0) is 5.92 Å². The standard InChI is InChI=1S/C14H11F3N2O2/c1-14(16,17)8-2-3-10(11(15)6-8)13(21)19-9-4-5-18-12(20)7-9/h2-7H,1H3,(H2,18,19,20,21). The third-order valence-electron chi connectivity index (χ3n) is 2.75. The van der Waals surface area contributed by atoms with Crippen LogP contribution >= 0.6 is 0 Å². The van der Waals surface area contributed by atoms with E-state index in [0.717, 1.165) is 18.2 Å². The Morgan fingerprint density at radius 2 is 1.95 bits per heavy atom. The van der Waals surface area contributed by atoms with Crippen LogP contribution < -0.4 is 10.9 Å². The van der Waals surface area contributed by atoms with Crippen LogP contribution in [-0.4, -0.2) is 10.9 Å². The summed E-state index contributed by atoms with van der Waals surface area (Å²) in [5.41, 5.74) is -1.17. The van der Waals surface area contributed by atoms with Crippen molar-refractivity contribution < 1.29 is 18.0 Å². The molecule has 7 heteroatoms. The number of carbonyl (C=O) groups is 1. The minimum absolute atomic E-state index is 0.174. The van der Waals surface area contributed by atoms with E-state index in [1.165, 1.54) is 12.3 Å². The van der Waals surface area contributed by atoms with Gasteiger partial charge < -0.3 is 10.3 Å². The zero-order valence-electron chi connectivity index (χ0n) is 10.9. The first-order chi connectivity index (χ1) is 9.77. The Morgan fingerprint density at radius 3 is 2.52 bits per heavy atom. The van der Waals surface area contributed by atoms with Gasteiger partial charge in [-0.25, -0.2) is 13.2 Å². The van der Waals surface area contributed by atoms with Crippen LogP contribution in [0.3, 0.4) is 0 Å². The Labute approximate surface area is 117 Å². The van der Waals surface area contributed by atoms with Crippen molar-refractivity contribution in [2.24, 2.45) is 0 Å². The van der Waals surface area contributed by atoms with Crippen LogP contribution in [0.15, 0.2) is 41.3 Å². The number of nitrogens with one attached hydrogen (secondary N) is 2. The average Bonchev–Trinajstić information content (AvgIpc) is 2.37. The normalized spacial score (nSPS) is 11.2. The summed E-state index contributed by atoms with van der Waals surface area (Å²) in [6, 6.07) is 5.10. The van der Waals surface area contributed by atoms with Crippen LogP contribution in [0.1, 0.15) is 22.8 Å². The smallest absolute Gasteiger partial charge is 0.270 e. The Balaban J connectivity index is 2.26. The van der Waals surface area contributed by atoms with E-state index in [2.05, 4.69) is 10.3 Å². The topological polar surface area (TPSA) is 62.0 Å². The first kappa shape index (κ1) is 14.8. The lowest BCUT2D eigenvalue weighted by Gasteiger charge is -2.12. The molecule has 1 heterocycles. The van der Waals surface area contributed by atoms with Gasteiger partial charge in [-0.05, 0) is 18.2 Å². The fraction of sp³-hybridized carbons (Fsp3) is 0.143. The molecule has 0 aliphatic rings. The fourth-order valence-corrected chi connectivity index (χ4v) is 1.69. The molecular weight excluding hydrogens is 285 g/mol. The third kappa shape index (κ3) is 3.50. The predicted octanol–water partition coefficient (Wildman–Crippen LogP) is 2.88. The van der Waals surface area contributed by atoms with Crippen molar-refractivity contribution in [1.29, 1.82) is 0 Å². The summed E-state index contributed by atoms with van der Waals surface area (Å²) in [5, 5.41) is 2.31. The zero-order valence-corrected chi connectivity index (χ0v) is 10.9. The van der Waals surface area contributed by atoms with Crippen molar-refractivity contribution in [3.63, 3.8) is 0 Å². The highest BCUT2D eigenvalue weighted by atomic mass is 19.3. The number of H-pyrrole nitrogens is 1. The first-order valence-electron chi connectivity index (χ1n) is 5.95. The van der Waals surface area contributed by atoms with Crippen LogP contribution in [0.2, 0.25) is 0 Å². The van der Waals surface area contributed by atoms with Crippen molar-refractivity contribution in [2.75, 3.05) is 5.32 Å². The fourth-order valence-electron chi connectivity index (χ4n) is 1.69. The summed E-state index contributed by atoms with van der Waals surface area (Å²) in [7, 11) is 0. The quantitative estimate of drug-likeness (QED) is 0.915. The molecule has 21 heavy (non-hydrogen) atoms. The van der Waals surface area contributed by atoms with Crippen LogP contribution in [0.25, 0.3) is 0 Å². The molecule has 0 bridgehead atoms. The maximum absolute atomic E-state index is 13.8. The molecule has 1 amide bonds. The Morgan fingerprint density at radius 1 is 1.24 bits per heavy atom. The highest BCUT2D eigenvalue weighted by Gasteiger charge is 2.26. The maximum atomic E-state index is 13.8. The highest BCUT2D eigenvalue weighted by molar-refractivity contribution is 6.04. The third-order valence-corrected chi connectivity index (χ3v) is 2.75. The molecule has 2 N–H and O–H groups in total. The molecule has 1 aromatic heterocycles. The highest BCUT2D eigenvalue weighted by Crippen LogP contribution is 2.28. The maximum Gasteiger partial charge on any atom is 0.270 e. The van der Waals surface area contributed by atoms with Gasteiger partial charge >= 0.3 is 0 Å². The summed E-state index contributed by atoms with van der Waals surface area (Å²) >= 11 is 0. The molecule has 0 saturated carbocycles. The Bertz CT molecular complexity index is 735. The summed E-state index contributed by atoms with van der Waals surface area (Å²) in [6.45, 7) is 0.637. The number of benzene rings is 1. The van der Waals surface area contributed by atoms with Crippen molar-refractivity contribution in [2.45, 2.75) is 12.8 Å². The Hall–Kier alpha value is -2.57. The number of hydrogen-bond donors (Lipinski definition) is 2. The SMILES string of the molecule is CC(F)(F)c1ccc(C(=O)Nc2cc[nH]c(=O)c2)c(F)c1. The van der Waals surface area contributed by atoms with Crippen LogP contribution in [0, 0.1) is 5.82 Å². The van der Waals surface area contributed by atoms with E-state index in [1.807, 2.05) is 0 Å². The number of halogens is 3. The molecule has 4 nitrogen and oxygen atoms in total. The van der Waals surface area contributed by atoms with Gasteiger partial charge in [0.05, 0.1) is 5.56 Å². The van der Waals surface area contributed by atoms with Gasteiger partial charge in [0.2, 0.25) is 5.56 Å². The lowest BCUT2D eigenvalue weighted by atomic mass is 10.1. The second kappa shape index (κ2) is 5.43. The van der Waals surface area contributed by atoms with Crippen molar-refractivity contribution in [3.8, 4) is 0 Å². The van der Waals surface area contributed by atoms with Gasteiger partial charge in [-0.15, -0.1) is 0 Å². The van der Waals surface area contributed by atoms with Gasteiger partial charge in [0.1, 0.15) is 5.82 Å². The van der Waals surface area contributed by atoms with Gasteiger partial charge in [0.25, 0.3) is 11.8 Å². The Kier molecular flexibility index (Phi) is 3.84. The lowest BCUT2D eigenvalue weighted by molar-refractivity contribution is 0.0171. The number of carbonyl (C=O) groups excluding carboxylic acids is 1. The summed E-state index contributed by atoms with van der Waals surface area (Å²) < 4.78 is 39.9. The minimum Gasteiger partial charge on any atom is -0.329 e. The molecule has 110 valence electrons. The molecule has 0 atom stereocenters. The largest absolute Gasteiger partial charge is 0.329 e. The number of alkyl halides is 2. The van der Waals surface area contributed by atoms with Gasteiger partial charge in [0.15, 0.2) is 0 Å². The zero-order chi connectivity index (χ0) is 15.6. The van der Waals surface area contributed by atoms with Gasteiger partial charge in [0, 0.05) is 30.4 Å². The van der Waals surface area contributed by atoms with Gasteiger partial charge in [-0.1, -0.05) is 6.07 Å². The van der Waals surface area contributed by atoms with E-state index in [-0.39, 0.29) is 11.3 Å². The number of amides is 1. The van der Waals surface area contributed by atoms with Crippen molar-refractivity contribution >= 4 is 11.6 Å². The van der Waals surface area contributed by atoms with Crippen LogP contribution in [0.5, 0.6) is 0 Å². The van der Waals surface area contributed by atoms with E-state index in [4.69, 9.17) is 0 Å². The first-order valence-corrected chi connectivity index (χ1v) is 5.95. The number of pyridine rings is 1. The molecular formula is C14H11F3N2O2. The molecule has 0 aliphatic heterocycles. The van der Waals surface area contributed by atoms with Crippen molar-refractivity contribution in [1.82, 2.24) is 4.98 Å². The van der Waals surface area contributed by atoms with E-state index in [9.17, 15) is 22.8 Å². The monoisotopic (exact) mass is 296 g/mol. The average molecular weight is 296 g/mol. The molecule has 0 unspecified atom stereocenters. The number of hydrogen-bond acceptors (Lipinski definition) is 2. The molecule has 0 fully saturated rings. The van der Waals surface area contributed by atoms with E-state index >= 15 is 0 Å². The predicted molar refractivity (Wildman–Crippen MR) is 71.0 cm³/mol. The summed E-state index contributed by atoms with van der Waals surface area (Å²) in [5.74, 6) is -5.08. The molecule has 2 aromatic rings. The van der Waals surface area contributed by atoms with Crippen molar-refractivity contribution in [3.05, 3.63) is 63.8 Å². The number of aromatic amines is 1. The lowest BCUT2D eigenvalue weighted by Crippen LogP contribution is -2.17. The number of rotatable bonds is 3. The van der Waals surface area contributed by atoms with Crippen LogP contribution in [0.4, 0.5) is 18.9 Å². The molecule has 2 rings (SSSR count). The van der Waals surface area contributed by atoms with E-state index in [1.54, 1.807) is 0 Å². The van der Waals surface area contributed by atoms with E-state index in [0.29, 0.717) is 13.0 Å². The number of aromatic nitrogens is 1. The second-order valence-corrected chi connectivity index (χ2v) is 4.48. The molecule has 0 spiro atoms. The minimum atomic E-state index is -3.19. The van der Waals surface area contributed by atoms with Gasteiger partial charge in [-0.3, -0.25) is 9.59 Å². The second-order valence-electron chi connectivity index (χ2n) is 4.48. The molecule has 0 radical (unpaired) electrons. The summed E-state index contributed by atoms with van der Waals surface area (Å²) in [6.07, 6.45) is 1.31.